The van der Waals surface area contributed by atoms with E-state index < -0.39 is 10.0 Å². The molecule has 7 heteroatoms. The maximum Gasteiger partial charge on any atom is 0.243 e. The summed E-state index contributed by atoms with van der Waals surface area (Å²) in [6.45, 7) is 5.90. The van der Waals surface area contributed by atoms with Gasteiger partial charge in [-0.25, -0.2) is 13.4 Å². The molecule has 1 unspecified atom stereocenters. The molecular weight excluding hydrogens is 326 g/mol. The molecule has 1 fully saturated rings. The van der Waals surface area contributed by atoms with Gasteiger partial charge in [0, 0.05) is 31.6 Å². The molecule has 130 valence electrons. The summed E-state index contributed by atoms with van der Waals surface area (Å²) >= 11 is 0. The number of nitrogens with zero attached hydrogens (tertiary/aromatic N) is 2. The van der Waals surface area contributed by atoms with Crippen LogP contribution in [-0.2, 0) is 10.0 Å². The predicted octanol–water partition coefficient (Wildman–Crippen LogP) is 2.41. The number of hydrogen-bond donors (Lipinski definition) is 1. The number of benzene rings is 1. The molecule has 0 saturated carbocycles. The number of rotatable bonds is 6. The topological polar surface area (TPSA) is 75.4 Å². The summed E-state index contributed by atoms with van der Waals surface area (Å²) in [5.74, 6) is 0.588. The fourth-order valence-electron chi connectivity index (χ4n) is 3.03. The van der Waals surface area contributed by atoms with Gasteiger partial charge in [-0.05, 0) is 31.5 Å². The Hall–Kier alpha value is -1.70. The van der Waals surface area contributed by atoms with Crippen LogP contribution in [0.2, 0.25) is 0 Å². The van der Waals surface area contributed by atoms with Crippen LogP contribution in [0.15, 0.2) is 39.8 Å². The Morgan fingerprint density at radius 3 is 2.62 bits per heavy atom. The van der Waals surface area contributed by atoms with Gasteiger partial charge in [-0.1, -0.05) is 19.1 Å². The molecule has 2 aromatic rings. The maximum atomic E-state index is 13.0. The zero-order valence-corrected chi connectivity index (χ0v) is 14.8. The summed E-state index contributed by atoms with van der Waals surface area (Å²) in [6.07, 6.45) is 3.23. The van der Waals surface area contributed by atoms with Crippen molar-refractivity contribution in [2.24, 2.45) is 0 Å². The lowest BCUT2D eigenvalue weighted by Crippen LogP contribution is -2.41. The van der Waals surface area contributed by atoms with Crippen LogP contribution in [0, 0.1) is 6.92 Å². The second kappa shape index (κ2) is 7.04. The third kappa shape index (κ3) is 3.38. The summed E-state index contributed by atoms with van der Waals surface area (Å²) < 4.78 is 32.9. The predicted molar refractivity (Wildman–Crippen MR) is 92.1 cm³/mol. The van der Waals surface area contributed by atoms with Gasteiger partial charge in [-0.15, -0.1) is 0 Å². The average Bonchev–Trinajstić information content (AvgIpc) is 3.24. The molecule has 1 aromatic carbocycles. The Morgan fingerprint density at radius 2 is 2.08 bits per heavy atom. The summed E-state index contributed by atoms with van der Waals surface area (Å²) in [4.78, 5) is 4.59. The van der Waals surface area contributed by atoms with Crippen molar-refractivity contribution in [1.82, 2.24) is 14.6 Å². The van der Waals surface area contributed by atoms with E-state index in [1.54, 1.807) is 41.8 Å². The molecule has 0 amide bonds. The zero-order chi connectivity index (χ0) is 17.2. The number of nitrogens with one attached hydrogen (secondary N) is 1. The number of aromatic nitrogens is 1. The first kappa shape index (κ1) is 17.1. The van der Waals surface area contributed by atoms with Crippen LogP contribution in [0.3, 0.4) is 0 Å². The lowest BCUT2D eigenvalue weighted by Gasteiger charge is -2.27. The molecule has 1 N–H and O–H groups in total. The van der Waals surface area contributed by atoms with Crippen LogP contribution in [0.1, 0.15) is 25.7 Å². The molecular formula is C17H23N3O3S. The highest BCUT2D eigenvalue weighted by molar-refractivity contribution is 7.89. The lowest BCUT2D eigenvalue weighted by atomic mass is 10.2. The van der Waals surface area contributed by atoms with Crippen molar-refractivity contribution in [3.63, 3.8) is 0 Å². The molecule has 2 heterocycles. The highest BCUT2D eigenvalue weighted by atomic mass is 32.2. The molecule has 1 saturated heterocycles. The molecule has 0 spiro atoms. The Bertz CT molecular complexity index is 778. The molecule has 24 heavy (non-hydrogen) atoms. The first-order chi connectivity index (χ1) is 11.5. The second-order valence-electron chi connectivity index (χ2n) is 6.04. The smallest absolute Gasteiger partial charge is 0.243 e. The maximum absolute atomic E-state index is 13.0. The standard InChI is InChI=1S/C17H23N3O3S/c1-3-10-20(15-8-9-18-11-15)24(21,22)16-6-4-14(5-7-16)17-12-23-13(2)19-17/h4-7,12,15,18H,3,8-11H2,1-2H3. The van der Waals surface area contributed by atoms with Gasteiger partial charge in [0.2, 0.25) is 10.0 Å². The molecule has 1 aromatic heterocycles. The number of aryl methyl sites for hydroxylation is 1. The van der Waals surface area contributed by atoms with Crippen LogP contribution < -0.4 is 5.32 Å². The Morgan fingerprint density at radius 1 is 1.33 bits per heavy atom. The van der Waals surface area contributed by atoms with Gasteiger partial charge in [-0.3, -0.25) is 0 Å². The van der Waals surface area contributed by atoms with E-state index >= 15 is 0 Å². The normalized spacial score (nSPS) is 18.4. The van der Waals surface area contributed by atoms with Gasteiger partial charge >= 0.3 is 0 Å². The van der Waals surface area contributed by atoms with Crippen molar-refractivity contribution in [3.05, 3.63) is 36.4 Å². The largest absolute Gasteiger partial charge is 0.449 e. The van der Waals surface area contributed by atoms with Crippen molar-refractivity contribution >= 4 is 10.0 Å². The minimum Gasteiger partial charge on any atom is -0.449 e. The van der Waals surface area contributed by atoms with Gasteiger partial charge in [0.15, 0.2) is 5.89 Å². The Balaban J connectivity index is 1.87. The van der Waals surface area contributed by atoms with E-state index in [4.69, 9.17) is 4.42 Å². The number of oxazole rings is 1. The van der Waals surface area contributed by atoms with E-state index in [-0.39, 0.29) is 6.04 Å². The third-order valence-electron chi connectivity index (χ3n) is 4.26. The van der Waals surface area contributed by atoms with Crippen LogP contribution >= 0.6 is 0 Å². The van der Waals surface area contributed by atoms with Gasteiger partial charge in [0.25, 0.3) is 0 Å². The number of sulfonamides is 1. The highest BCUT2D eigenvalue weighted by Crippen LogP contribution is 2.25. The first-order valence-electron chi connectivity index (χ1n) is 8.27. The van der Waals surface area contributed by atoms with E-state index in [0.29, 0.717) is 23.0 Å². The van der Waals surface area contributed by atoms with E-state index in [9.17, 15) is 8.42 Å². The Labute approximate surface area is 142 Å². The van der Waals surface area contributed by atoms with Gasteiger partial charge in [-0.2, -0.15) is 4.31 Å². The fraction of sp³-hybridized carbons (Fsp3) is 0.471. The molecule has 6 nitrogen and oxygen atoms in total. The van der Waals surface area contributed by atoms with Gasteiger partial charge < -0.3 is 9.73 Å². The first-order valence-corrected chi connectivity index (χ1v) is 9.71. The summed E-state index contributed by atoms with van der Waals surface area (Å²) in [7, 11) is -3.49. The molecule has 1 aliphatic heterocycles. The van der Waals surface area contributed by atoms with Crippen molar-refractivity contribution in [1.29, 1.82) is 0 Å². The van der Waals surface area contributed by atoms with Crippen molar-refractivity contribution in [2.75, 3.05) is 19.6 Å². The minimum absolute atomic E-state index is 0.0350. The van der Waals surface area contributed by atoms with E-state index in [0.717, 1.165) is 31.5 Å². The third-order valence-corrected chi connectivity index (χ3v) is 6.23. The second-order valence-corrected chi connectivity index (χ2v) is 7.93. The molecule has 1 atom stereocenters. The van der Waals surface area contributed by atoms with Crippen LogP contribution in [0.25, 0.3) is 11.3 Å². The van der Waals surface area contributed by atoms with Gasteiger partial charge in [0.05, 0.1) is 4.90 Å². The van der Waals surface area contributed by atoms with Crippen LogP contribution in [-0.4, -0.2) is 43.4 Å². The van der Waals surface area contributed by atoms with E-state index in [1.165, 1.54) is 0 Å². The molecule has 0 bridgehead atoms. The minimum atomic E-state index is -3.49. The van der Waals surface area contributed by atoms with Crippen molar-refractivity contribution < 1.29 is 12.8 Å². The summed E-state index contributed by atoms with van der Waals surface area (Å²) in [5.41, 5.74) is 1.55. The van der Waals surface area contributed by atoms with Crippen LogP contribution in [0.4, 0.5) is 0 Å². The fourth-order valence-corrected chi connectivity index (χ4v) is 4.78. The number of hydrogen-bond acceptors (Lipinski definition) is 5. The van der Waals surface area contributed by atoms with E-state index in [2.05, 4.69) is 10.3 Å². The average molecular weight is 349 g/mol. The van der Waals surface area contributed by atoms with Gasteiger partial charge in [0.1, 0.15) is 12.0 Å². The zero-order valence-electron chi connectivity index (χ0n) is 14.0. The Kier molecular flexibility index (Phi) is 5.03. The van der Waals surface area contributed by atoms with E-state index in [1.807, 2.05) is 6.92 Å². The summed E-state index contributed by atoms with van der Waals surface area (Å²) in [5, 5.41) is 3.24. The molecule has 1 aliphatic rings. The quantitative estimate of drug-likeness (QED) is 0.867. The monoisotopic (exact) mass is 349 g/mol. The molecule has 0 aliphatic carbocycles. The molecule has 0 radical (unpaired) electrons. The van der Waals surface area contributed by atoms with Crippen molar-refractivity contribution in [2.45, 2.75) is 37.6 Å². The van der Waals surface area contributed by atoms with Crippen LogP contribution in [0.5, 0.6) is 0 Å². The summed E-state index contributed by atoms with van der Waals surface area (Å²) in [6, 6.07) is 6.90. The SMILES string of the molecule is CCCN(C1CCNC1)S(=O)(=O)c1ccc(-c2coc(C)n2)cc1. The van der Waals surface area contributed by atoms with Crippen molar-refractivity contribution in [3.8, 4) is 11.3 Å². The molecule has 3 rings (SSSR count). The lowest BCUT2D eigenvalue weighted by molar-refractivity contribution is 0.335. The highest BCUT2D eigenvalue weighted by Gasteiger charge is 2.32.